The SMILES string of the molecule is CCOc1nc(Nc2cnn(C3CCCN(C4COC4)C3)c2C)nc2[nH]ccc12. The Kier molecular flexibility index (Phi) is 4.84. The highest BCUT2D eigenvalue weighted by atomic mass is 16.5. The van der Waals surface area contributed by atoms with E-state index in [0.717, 1.165) is 55.1 Å². The van der Waals surface area contributed by atoms with E-state index in [-0.39, 0.29) is 0 Å². The number of ether oxygens (including phenoxy) is 2. The smallest absolute Gasteiger partial charge is 0.232 e. The number of hydrogen-bond acceptors (Lipinski definition) is 7. The van der Waals surface area contributed by atoms with Crippen LogP contribution in [-0.4, -0.2) is 68.6 Å². The Balaban J connectivity index is 1.36. The lowest BCUT2D eigenvalue weighted by molar-refractivity contribution is -0.0758. The molecule has 3 aromatic heterocycles. The molecule has 1 atom stereocenters. The lowest BCUT2D eigenvalue weighted by Crippen LogP contribution is -2.52. The van der Waals surface area contributed by atoms with Gasteiger partial charge in [-0.1, -0.05) is 0 Å². The maximum absolute atomic E-state index is 5.69. The summed E-state index contributed by atoms with van der Waals surface area (Å²) in [5, 5.41) is 8.90. The van der Waals surface area contributed by atoms with Crippen LogP contribution in [0.15, 0.2) is 18.5 Å². The van der Waals surface area contributed by atoms with Crippen LogP contribution in [0.4, 0.5) is 11.6 Å². The van der Waals surface area contributed by atoms with Gasteiger partial charge in [-0.25, -0.2) is 0 Å². The Morgan fingerprint density at radius 3 is 3.00 bits per heavy atom. The standard InChI is InChI=1S/C20H27N7O2/c1-3-29-19-16-6-7-21-18(16)24-20(25-19)23-17-9-22-27(13(17)2)14-5-4-8-26(10-14)15-11-28-12-15/h6-7,9,14-15H,3-5,8,10-12H2,1-2H3,(H2,21,23,24,25). The second-order valence-corrected chi connectivity index (χ2v) is 7.72. The van der Waals surface area contributed by atoms with Crippen LogP contribution in [0, 0.1) is 6.92 Å². The molecular formula is C20H27N7O2. The molecule has 0 saturated carbocycles. The molecule has 2 aliphatic rings. The zero-order valence-corrected chi connectivity index (χ0v) is 16.9. The van der Waals surface area contributed by atoms with Crippen LogP contribution in [0.3, 0.4) is 0 Å². The number of nitrogens with zero attached hydrogens (tertiary/aromatic N) is 5. The predicted octanol–water partition coefficient (Wildman–Crippen LogP) is 2.64. The number of nitrogens with one attached hydrogen (secondary N) is 2. The summed E-state index contributed by atoms with van der Waals surface area (Å²) in [5.41, 5.74) is 2.76. The average Bonchev–Trinajstić information content (AvgIpc) is 3.28. The molecule has 0 radical (unpaired) electrons. The van der Waals surface area contributed by atoms with Crippen LogP contribution >= 0.6 is 0 Å². The summed E-state index contributed by atoms with van der Waals surface area (Å²) in [6.45, 7) is 8.49. The first-order chi connectivity index (χ1) is 14.2. The lowest BCUT2D eigenvalue weighted by Gasteiger charge is -2.42. The van der Waals surface area contributed by atoms with Gasteiger partial charge in [0.25, 0.3) is 0 Å². The predicted molar refractivity (Wildman–Crippen MR) is 110 cm³/mol. The number of aromatic nitrogens is 5. The number of H-pyrrole nitrogens is 1. The Labute approximate surface area is 169 Å². The molecule has 2 saturated heterocycles. The van der Waals surface area contributed by atoms with Gasteiger partial charge in [0.2, 0.25) is 11.8 Å². The maximum atomic E-state index is 5.69. The van der Waals surface area contributed by atoms with Crippen molar-refractivity contribution in [1.82, 2.24) is 29.6 Å². The molecule has 0 aliphatic carbocycles. The van der Waals surface area contributed by atoms with E-state index in [0.29, 0.717) is 30.5 Å². The topological polar surface area (TPSA) is 93.1 Å². The molecule has 2 N–H and O–H groups in total. The van der Waals surface area contributed by atoms with E-state index in [1.807, 2.05) is 25.4 Å². The van der Waals surface area contributed by atoms with Crippen LogP contribution in [0.25, 0.3) is 11.0 Å². The zero-order chi connectivity index (χ0) is 19.8. The number of likely N-dealkylation sites (tertiary alicyclic amines) is 1. The van der Waals surface area contributed by atoms with Gasteiger partial charge in [0, 0.05) is 12.7 Å². The van der Waals surface area contributed by atoms with Gasteiger partial charge in [-0.05, 0) is 39.3 Å². The van der Waals surface area contributed by atoms with Crippen molar-refractivity contribution in [1.29, 1.82) is 0 Å². The minimum absolute atomic E-state index is 0.380. The first-order valence-corrected chi connectivity index (χ1v) is 10.3. The number of fused-ring (bicyclic) bond motifs is 1. The van der Waals surface area contributed by atoms with Gasteiger partial charge in [0.15, 0.2) is 0 Å². The van der Waals surface area contributed by atoms with Crippen LogP contribution < -0.4 is 10.1 Å². The third-order valence-corrected chi connectivity index (χ3v) is 5.86. The highest BCUT2D eigenvalue weighted by Crippen LogP contribution is 2.30. The minimum Gasteiger partial charge on any atom is -0.477 e. The Morgan fingerprint density at radius 2 is 2.21 bits per heavy atom. The number of piperidine rings is 1. The summed E-state index contributed by atoms with van der Waals surface area (Å²) in [6, 6.07) is 2.88. The average molecular weight is 397 g/mol. The molecule has 0 bridgehead atoms. The van der Waals surface area contributed by atoms with Crippen molar-refractivity contribution in [2.24, 2.45) is 0 Å². The molecule has 5 rings (SSSR count). The summed E-state index contributed by atoms with van der Waals surface area (Å²) < 4.78 is 13.2. The molecule has 0 spiro atoms. The fourth-order valence-electron chi connectivity index (χ4n) is 4.20. The van der Waals surface area contributed by atoms with Gasteiger partial charge in [0.05, 0.1) is 54.9 Å². The van der Waals surface area contributed by atoms with Crippen molar-refractivity contribution in [3.05, 3.63) is 24.2 Å². The van der Waals surface area contributed by atoms with E-state index in [1.54, 1.807) is 0 Å². The van der Waals surface area contributed by atoms with E-state index < -0.39 is 0 Å². The summed E-state index contributed by atoms with van der Waals surface area (Å²) >= 11 is 0. The molecule has 3 aromatic rings. The molecular weight excluding hydrogens is 370 g/mol. The Bertz CT molecular complexity index is 994. The fraction of sp³-hybridized carbons (Fsp3) is 0.550. The number of hydrogen-bond donors (Lipinski definition) is 2. The van der Waals surface area contributed by atoms with Gasteiger partial charge in [0.1, 0.15) is 5.65 Å². The summed E-state index contributed by atoms with van der Waals surface area (Å²) in [7, 11) is 0. The quantitative estimate of drug-likeness (QED) is 0.660. The molecule has 9 nitrogen and oxygen atoms in total. The first-order valence-electron chi connectivity index (χ1n) is 10.3. The van der Waals surface area contributed by atoms with Gasteiger partial charge in [-0.15, -0.1) is 0 Å². The highest BCUT2D eigenvalue weighted by molar-refractivity contribution is 5.82. The molecule has 0 aromatic carbocycles. The van der Waals surface area contributed by atoms with E-state index in [1.165, 1.54) is 6.42 Å². The van der Waals surface area contributed by atoms with Crippen molar-refractivity contribution < 1.29 is 9.47 Å². The van der Waals surface area contributed by atoms with Crippen molar-refractivity contribution in [2.45, 2.75) is 38.8 Å². The van der Waals surface area contributed by atoms with E-state index in [4.69, 9.17) is 9.47 Å². The monoisotopic (exact) mass is 397 g/mol. The summed E-state index contributed by atoms with van der Waals surface area (Å²) in [5.74, 6) is 1.08. The van der Waals surface area contributed by atoms with Gasteiger partial charge >= 0.3 is 0 Å². The third kappa shape index (κ3) is 3.44. The summed E-state index contributed by atoms with van der Waals surface area (Å²) in [6.07, 6.45) is 6.04. The maximum Gasteiger partial charge on any atom is 0.232 e. The Hall–Kier alpha value is -2.65. The fourth-order valence-corrected chi connectivity index (χ4v) is 4.20. The van der Waals surface area contributed by atoms with Gasteiger partial charge in [-0.2, -0.15) is 15.1 Å². The van der Waals surface area contributed by atoms with Crippen molar-refractivity contribution in [3.63, 3.8) is 0 Å². The van der Waals surface area contributed by atoms with E-state index in [9.17, 15) is 0 Å². The molecule has 1 unspecified atom stereocenters. The van der Waals surface area contributed by atoms with E-state index in [2.05, 4.69) is 41.9 Å². The molecule has 0 amide bonds. The highest BCUT2D eigenvalue weighted by Gasteiger charge is 2.31. The molecule has 5 heterocycles. The minimum atomic E-state index is 0.380. The van der Waals surface area contributed by atoms with Crippen LogP contribution in [0.1, 0.15) is 31.5 Å². The third-order valence-electron chi connectivity index (χ3n) is 5.86. The first kappa shape index (κ1) is 18.4. The van der Waals surface area contributed by atoms with Gasteiger partial charge in [-0.3, -0.25) is 9.58 Å². The van der Waals surface area contributed by atoms with Crippen molar-refractivity contribution in [3.8, 4) is 5.88 Å². The zero-order valence-electron chi connectivity index (χ0n) is 16.9. The molecule has 2 fully saturated rings. The number of aromatic amines is 1. The normalized spacial score (nSPS) is 20.7. The largest absolute Gasteiger partial charge is 0.477 e. The van der Waals surface area contributed by atoms with Crippen LogP contribution in [0.5, 0.6) is 5.88 Å². The second kappa shape index (κ2) is 7.64. The van der Waals surface area contributed by atoms with Crippen LogP contribution in [-0.2, 0) is 4.74 Å². The van der Waals surface area contributed by atoms with E-state index >= 15 is 0 Å². The number of anilines is 2. The molecule has 154 valence electrons. The lowest BCUT2D eigenvalue weighted by atomic mass is 10.0. The molecule has 2 aliphatic heterocycles. The van der Waals surface area contributed by atoms with Crippen molar-refractivity contribution in [2.75, 3.05) is 38.2 Å². The molecule has 29 heavy (non-hydrogen) atoms. The second-order valence-electron chi connectivity index (χ2n) is 7.72. The van der Waals surface area contributed by atoms with Crippen molar-refractivity contribution >= 4 is 22.7 Å². The summed E-state index contributed by atoms with van der Waals surface area (Å²) in [4.78, 5) is 14.8. The number of rotatable bonds is 6. The Morgan fingerprint density at radius 1 is 1.31 bits per heavy atom. The van der Waals surface area contributed by atoms with Gasteiger partial charge < -0.3 is 19.8 Å². The molecule has 9 heteroatoms. The van der Waals surface area contributed by atoms with Crippen LogP contribution in [0.2, 0.25) is 0 Å².